The lowest BCUT2D eigenvalue weighted by Gasteiger charge is -2.08. The topological polar surface area (TPSA) is 73.8 Å². The van der Waals surface area contributed by atoms with Crippen molar-refractivity contribution in [2.45, 2.75) is 13.5 Å². The Morgan fingerprint density at radius 2 is 2.13 bits per heavy atom. The summed E-state index contributed by atoms with van der Waals surface area (Å²) >= 11 is 8.93. The zero-order valence-corrected chi connectivity index (χ0v) is 17.8. The quantitative estimate of drug-likeness (QED) is 0.361. The molecule has 0 bridgehead atoms. The second kappa shape index (κ2) is 7.42. The molecule has 0 aliphatic rings. The van der Waals surface area contributed by atoms with Crippen LogP contribution in [0.4, 0.5) is 4.39 Å². The summed E-state index contributed by atoms with van der Waals surface area (Å²) in [6, 6.07) is 8.24. The number of aryl methyl sites for hydroxylation is 1. The normalized spacial score (nSPS) is 11.4. The van der Waals surface area contributed by atoms with Crippen molar-refractivity contribution in [3.05, 3.63) is 74.4 Å². The van der Waals surface area contributed by atoms with E-state index in [0.29, 0.717) is 32.4 Å². The zero-order valence-electron chi connectivity index (χ0n) is 15.4. The van der Waals surface area contributed by atoms with E-state index in [-0.39, 0.29) is 22.7 Å². The highest BCUT2D eigenvalue weighted by molar-refractivity contribution is 7.22. The largest absolute Gasteiger partial charge is 0.333 e. The molecule has 1 aromatic carbocycles. The summed E-state index contributed by atoms with van der Waals surface area (Å²) in [4.78, 5) is 24.1. The Morgan fingerprint density at radius 1 is 1.27 bits per heavy atom. The lowest BCUT2D eigenvalue weighted by atomic mass is 10.2. The lowest BCUT2D eigenvalue weighted by molar-refractivity contribution is 0.433. The molecular weight excluding hydrogens is 447 g/mol. The molecule has 0 amide bonds. The highest BCUT2D eigenvalue weighted by Crippen LogP contribution is 2.36. The van der Waals surface area contributed by atoms with Crippen LogP contribution in [0, 0.1) is 12.7 Å². The second-order valence-electron chi connectivity index (χ2n) is 6.51. The van der Waals surface area contributed by atoms with E-state index in [1.807, 2.05) is 24.4 Å². The smallest absolute Gasteiger partial charge is 0.268 e. The number of benzene rings is 1. The summed E-state index contributed by atoms with van der Waals surface area (Å²) < 4.78 is 20.9. The van der Waals surface area contributed by atoms with Gasteiger partial charge in [0.25, 0.3) is 11.4 Å². The van der Waals surface area contributed by atoms with Crippen molar-refractivity contribution in [1.82, 2.24) is 19.7 Å². The highest BCUT2D eigenvalue weighted by Gasteiger charge is 2.21. The Bertz CT molecular complexity index is 1420. The maximum atomic E-state index is 14.2. The van der Waals surface area contributed by atoms with E-state index in [9.17, 15) is 9.18 Å². The molecule has 0 N–H and O–H groups in total. The average Bonchev–Trinajstić information content (AvgIpc) is 3.46. The maximum Gasteiger partial charge on any atom is 0.268 e. The molecule has 5 rings (SSSR count). The number of hydrogen-bond donors (Lipinski definition) is 0. The number of thiophene rings is 2. The van der Waals surface area contributed by atoms with Crippen LogP contribution in [-0.2, 0) is 6.54 Å². The molecule has 0 radical (unpaired) electrons. The minimum Gasteiger partial charge on any atom is -0.333 e. The van der Waals surface area contributed by atoms with Crippen LogP contribution in [0.2, 0.25) is 5.02 Å². The molecule has 0 unspecified atom stereocenters. The van der Waals surface area contributed by atoms with E-state index in [1.165, 1.54) is 45.7 Å². The van der Waals surface area contributed by atoms with Gasteiger partial charge in [-0.05, 0) is 36.1 Å². The average molecular weight is 459 g/mol. The molecule has 0 fully saturated rings. The van der Waals surface area contributed by atoms with Gasteiger partial charge in [0.1, 0.15) is 10.6 Å². The predicted molar refractivity (Wildman–Crippen MR) is 116 cm³/mol. The van der Waals surface area contributed by atoms with E-state index in [4.69, 9.17) is 16.1 Å². The first-order valence-corrected chi connectivity index (χ1v) is 10.9. The standard InChI is InChI=1S/C20H12ClFN4O2S2/c1-10-15-19(30-16(10)18-24-17(25-28-18)14-6-3-7-29-14)23-9-26(20(15)27)8-11-12(21)4-2-5-13(11)22/h2-7,9H,8H2,1H3. The first-order valence-electron chi connectivity index (χ1n) is 8.82. The molecule has 0 saturated heterocycles. The van der Waals surface area contributed by atoms with Crippen LogP contribution in [0.5, 0.6) is 0 Å². The first kappa shape index (κ1) is 19.1. The van der Waals surface area contributed by atoms with Gasteiger partial charge in [0.05, 0.1) is 28.0 Å². The van der Waals surface area contributed by atoms with Crippen molar-refractivity contribution in [1.29, 1.82) is 0 Å². The maximum absolute atomic E-state index is 14.2. The van der Waals surface area contributed by atoms with Crippen molar-refractivity contribution in [2.75, 3.05) is 0 Å². The predicted octanol–water partition coefficient (Wildman–Crippen LogP) is 5.39. The summed E-state index contributed by atoms with van der Waals surface area (Å²) in [5.74, 6) is 0.364. The molecule has 150 valence electrons. The van der Waals surface area contributed by atoms with Crippen LogP contribution in [-0.4, -0.2) is 19.7 Å². The summed E-state index contributed by atoms with van der Waals surface area (Å²) in [6.07, 6.45) is 1.40. The van der Waals surface area contributed by atoms with Crippen molar-refractivity contribution < 1.29 is 8.91 Å². The van der Waals surface area contributed by atoms with Gasteiger partial charge in [-0.15, -0.1) is 22.7 Å². The van der Waals surface area contributed by atoms with Gasteiger partial charge in [-0.2, -0.15) is 4.98 Å². The Labute approximate surface area is 182 Å². The molecule has 30 heavy (non-hydrogen) atoms. The van der Waals surface area contributed by atoms with E-state index in [1.54, 1.807) is 6.07 Å². The van der Waals surface area contributed by atoms with Crippen LogP contribution in [0.15, 0.2) is 51.4 Å². The third kappa shape index (κ3) is 3.15. The van der Waals surface area contributed by atoms with Gasteiger partial charge in [-0.1, -0.05) is 28.9 Å². The van der Waals surface area contributed by atoms with Crippen LogP contribution >= 0.6 is 34.3 Å². The summed E-state index contributed by atoms with van der Waals surface area (Å²) in [5, 5.41) is 6.67. The third-order valence-corrected chi connectivity index (χ3v) is 7.08. The molecule has 0 aliphatic heterocycles. The molecule has 0 atom stereocenters. The molecule has 4 aromatic heterocycles. The summed E-state index contributed by atoms with van der Waals surface area (Å²) in [5.41, 5.74) is 0.660. The number of fused-ring (bicyclic) bond motifs is 1. The van der Waals surface area contributed by atoms with Crippen LogP contribution in [0.3, 0.4) is 0 Å². The van der Waals surface area contributed by atoms with Crippen molar-refractivity contribution >= 4 is 44.5 Å². The minimum absolute atomic E-state index is 0.0129. The number of nitrogens with zero attached hydrogens (tertiary/aromatic N) is 4. The van der Waals surface area contributed by atoms with Gasteiger partial charge in [0, 0.05) is 10.6 Å². The van der Waals surface area contributed by atoms with Gasteiger partial charge in [-0.25, -0.2) is 9.37 Å². The Hall–Kier alpha value is -2.88. The fraction of sp³-hybridized carbons (Fsp3) is 0.100. The molecule has 4 heterocycles. The van der Waals surface area contributed by atoms with Gasteiger partial charge < -0.3 is 4.52 Å². The van der Waals surface area contributed by atoms with Gasteiger partial charge >= 0.3 is 0 Å². The third-order valence-electron chi connectivity index (χ3n) is 4.67. The van der Waals surface area contributed by atoms with Crippen molar-refractivity contribution in [3.8, 4) is 21.5 Å². The van der Waals surface area contributed by atoms with Gasteiger partial charge in [0.15, 0.2) is 0 Å². The fourth-order valence-corrected chi connectivity index (χ4v) is 5.08. The molecule has 5 aromatic rings. The van der Waals surface area contributed by atoms with Crippen LogP contribution in [0.25, 0.3) is 31.7 Å². The number of hydrogen-bond acceptors (Lipinski definition) is 7. The Balaban J connectivity index is 1.58. The first-order chi connectivity index (χ1) is 14.5. The van der Waals surface area contributed by atoms with Crippen LogP contribution < -0.4 is 5.56 Å². The highest BCUT2D eigenvalue weighted by atomic mass is 35.5. The number of rotatable bonds is 4. The minimum atomic E-state index is -0.468. The van der Waals surface area contributed by atoms with E-state index in [0.717, 1.165) is 4.88 Å². The number of halogens is 2. The zero-order chi connectivity index (χ0) is 20.8. The molecule has 0 saturated carbocycles. The molecule has 6 nitrogen and oxygen atoms in total. The van der Waals surface area contributed by atoms with Crippen LogP contribution in [0.1, 0.15) is 11.1 Å². The van der Waals surface area contributed by atoms with Gasteiger partial charge in [-0.3, -0.25) is 9.36 Å². The Morgan fingerprint density at radius 3 is 2.90 bits per heavy atom. The van der Waals surface area contributed by atoms with Crippen molar-refractivity contribution in [3.63, 3.8) is 0 Å². The number of aromatic nitrogens is 4. The molecule has 0 spiro atoms. The van der Waals surface area contributed by atoms with E-state index >= 15 is 0 Å². The fourth-order valence-electron chi connectivity index (χ4n) is 3.15. The lowest BCUT2D eigenvalue weighted by Crippen LogP contribution is -2.21. The summed E-state index contributed by atoms with van der Waals surface area (Å²) in [6.45, 7) is 1.80. The molecule has 10 heteroatoms. The molecular formula is C20H12ClFN4O2S2. The summed E-state index contributed by atoms with van der Waals surface area (Å²) in [7, 11) is 0. The van der Waals surface area contributed by atoms with Crippen molar-refractivity contribution in [2.24, 2.45) is 0 Å². The Kier molecular flexibility index (Phi) is 4.73. The van der Waals surface area contributed by atoms with E-state index in [2.05, 4.69) is 15.1 Å². The van der Waals surface area contributed by atoms with Gasteiger partial charge in [0.2, 0.25) is 5.82 Å². The molecule has 0 aliphatic carbocycles. The second-order valence-corrected chi connectivity index (χ2v) is 8.87. The van der Waals surface area contributed by atoms with E-state index < -0.39 is 5.82 Å². The SMILES string of the molecule is Cc1c(-c2nc(-c3cccs3)no2)sc2ncn(Cc3c(F)cccc3Cl)c(=O)c12. The monoisotopic (exact) mass is 458 g/mol.